The monoisotopic (exact) mass is 525 g/mol. The van der Waals surface area contributed by atoms with E-state index in [0.29, 0.717) is 34.3 Å². The van der Waals surface area contributed by atoms with E-state index in [1.807, 2.05) is 43.3 Å². The van der Waals surface area contributed by atoms with Crippen LogP contribution in [0.4, 0.5) is 0 Å². The second kappa shape index (κ2) is 12.0. The first-order chi connectivity index (χ1) is 16.0. The minimum Gasteiger partial charge on any atom is -0.490 e. The van der Waals surface area contributed by atoms with Gasteiger partial charge in [0.2, 0.25) is 5.91 Å². The minimum atomic E-state index is -0.230. The van der Waals surface area contributed by atoms with Crippen LogP contribution >= 0.6 is 27.5 Å². The molecule has 0 saturated carbocycles. The first-order valence-electron chi connectivity index (χ1n) is 10.1. The average molecular weight is 527 g/mol. The van der Waals surface area contributed by atoms with Crippen LogP contribution in [-0.2, 0) is 17.8 Å². The highest BCUT2D eigenvalue weighted by molar-refractivity contribution is 9.10. The summed E-state index contributed by atoms with van der Waals surface area (Å²) in [6, 6.07) is 20.1. The van der Waals surface area contributed by atoms with Crippen LogP contribution < -0.4 is 14.9 Å². The Morgan fingerprint density at radius 2 is 1.82 bits per heavy atom. The summed E-state index contributed by atoms with van der Waals surface area (Å²) in [7, 11) is 0. The fourth-order valence-corrected chi connectivity index (χ4v) is 3.44. The number of hydrazone groups is 1. The predicted molar refractivity (Wildman–Crippen MR) is 132 cm³/mol. The number of hydrogen-bond acceptors (Lipinski definition) is 5. The Bertz CT molecular complexity index is 1170. The predicted octanol–water partition coefficient (Wildman–Crippen LogP) is 5.64. The van der Waals surface area contributed by atoms with Crippen LogP contribution in [0.15, 0.2) is 70.2 Å². The van der Waals surface area contributed by atoms with Gasteiger partial charge >= 0.3 is 0 Å². The number of nitrogens with zero attached hydrogens (tertiary/aromatic N) is 2. The molecule has 3 rings (SSSR count). The van der Waals surface area contributed by atoms with E-state index in [4.69, 9.17) is 26.3 Å². The van der Waals surface area contributed by atoms with Crippen LogP contribution in [-0.4, -0.2) is 18.7 Å². The summed E-state index contributed by atoms with van der Waals surface area (Å²) >= 11 is 9.81. The van der Waals surface area contributed by atoms with Crippen molar-refractivity contribution < 1.29 is 14.3 Å². The van der Waals surface area contributed by atoms with Gasteiger partial charge in [0.15, 0.2) is 11.5 Å². The molecule has 1 amide bonds. The highest BCUT2D eigenvalue weighted by Crippen LogP contribution is 2.37. The van der Waals surface area contributed by atoms with Crippen molar-refractivity contribution in [3.05, 3.63) is 92.4 Å². The molecule has 0 atom stereocenters. The van der Waals surface area contributed by atoms with Crippen molar-refractivity contribution in [2.45, 2.75) is 20.0 Å². The number of benzene rings is 3. The van der Waals surface area contributed by atoms with Gasteiger partial charge in [-0.1, -0.05) is 51.8 Å². The number of amides is 1. The number of carbonyl (C=O) groups is 1. The van der Waals surface area contributed by atoms with E-state index in [0.717, 1.165) is 15.6 Å². The lowest BCUT2D eigenvalue weighted by molar-refractivity contribution is -0.120. The maximum absolute atomic E-state index is 12.1. The Kier molecular flexibility index (Phi) is 8.87. The third-order valence-electron chi connectivity index (χ3n) is 4.48. The van der Waals surface area contributed by atoms with Crippen molar-refractivity contribution in [2.75, 3.05) is 6.61 Å². The zero-order valence-electron chi connectivity index (χ0n) is 17.8. The zero-order chi connectivity index (χ0) is 23.6. The molecule has 33 heavy (non-hydrogen) atoms. The van der Waals surface area contributed by atoms with Gasteiger partial charge < -0.3 is 9.47 Å². The summed E-state index contributed by atoms with van der Waals surface area (Å²) in [6.07, 6.45) is 1.72. The number of hydrogen-bond donors (Lipinski definition) is 1. The fraction of sp³-hybridized carbons (Fsp3) is 0.160. The lowest BCUT2D eigenvalue weighted by atomic mass is 10.1. The van der Waals surface area contributed by atoms with Gasteiger partial charge in [0.05, 0.1) is 35.9 Å². The molecular weight excluding hydrogens is 506 g/mol. The van der Waals surface area contributed by atoms with Gasteiger partial charge in [-0.3, -0.25) is 4.79 Å². The van der Waals surface area contributed by atoms with Crippen LogP contribution in [0.2, 0.25) is 5.02 Å². The van der Waals surface area contributed by atoms with Crippen molar-refractivity contribution in [2.24, 2.45) is 5.10 Å². The van der Waals surface area contributed by atoms with Gasteiger partial charge in [-0.15, -0.1) is 0 Å². The largest absolute Gasteiger partial charge is 0.490 e. The molecule has 0 aliphatic carbocycles. The number of rotatable bonds is 9. The molecule has 0 fully saturated rings. The van der Waals surface area contributed by atoms with Crippen molar-refractivity contribution >= 4 is 39.7 Å². The SMILES string of the molecule is CCOc1cc(/C=N/NC(=O)Cc2ccc(Br)cc2)cc(Cl)c1OCc1ccc(C#N)cc1. The molecule has 3 aromatic carbocycles. The van der Waals surface area contributed by atoms with Crippen LogP contribution in [0.1, 0.15) is 29.2 Å². The standard InChI is InChI=1S/C25H21BrClN3O3/c1-2-32-23-12-20(15-29-30-24(31)13-17-7-9-21(26)10-8-17)11-22(27)25(23)33-16-19-5-3-18(14-28)4-6-19/h3-12,15H,2,13,16H2,1H3,(H,30,31)/b29-15+. The van der Waals surface area contributed by atoms with Crippen LogP contribution in [0.3, 0.4) is 0 Å². The second-order valence-corrected chi connectivity index (χ2v) is 8.28. The molecule has 6 nitrogen and oxygen atoms in total. The van der Waals surface area contributed by atoms with Gasteiger partial charge in [-0.2, -0.15) is 10.4 Å². The quantitative estimate of drug-likeness (QED) is 0.289. The average Bonchev–Trinajstić information content (AvgIpc) is 2.80. The molecular formula is C25H21BrClN3O3. The Labute approximate surface area is 205 Å². The van der Waals surface area contributed by atoms with E-state index in [-0.39, 0.29) is 18.9 Å². The lowest BCUT2D eigenvalue weighted by Crippen LogP contribution is -2.19. The van der Waals surface area contributed by atoms with Gasteiger partial charge in [-0.05, 0) is 60.0 Å². The third-order valence-corrected chi connectivity index (χ3v) is 5.29. The molecule has 0 unspecified atom stereocenters. The van der Waals surface area contributed by atoms with Gasteiger partial charge in [-0.25, -0.2) is 5.43 Å². The van der Waals surface area contributed by atoms with Gasteiger partial charge in [0, 0.05) is 4.47 Å². The molecule has 0 aromatic heterocycles. The molecule has 0 radical (unpaired) electrons. The smallest absolute Gasteiger partial charge is 0.244 e. The summed E-state index contributed by atoms with van der Waals surface area (Å²) in [5.41, 5.74) is 5.53. The van der Waals surface area contributed by atoms with E-state index in [1.54, 1.807) is 24.3 Å². The molecule has 0 aliphatic heterocycles. The number of carbonyl (C=O) groups excluding carboxylic acids is 1. The summed E-state index contributed by atoms with van der Waals surface area (Å²) in [5, 5.41) is 13.3. The Morgan fingerprint density at radius 1 is 1.12 bits per heavy atom. The Hall–Kier alpha value is -3.34. The summed E-state index contributed by atoms with van der Waals surface area (Å²) in [5.74, 6) is 0.660. The first kappa shape index (κ1) is 24.3. The van der Waals surface area contributed by atoms with Gasteiger partial charge in [0.25, 0.3) is 0 Å². The van der Waals surface area contributed by atoms with Crippen molar-refractivity contribution in [3.8, 4) is 17.6 Å². The lowest BCUT2D eigenvalue weighted by Gasteiger charge is -2.14. The van der Waals surface area contributed by atoms with Crippen molar-refractivity contribution in [1.82, 2.24) is 5.43 Å². The zero-order valence-corrected chi connectivity index (χ0v) is 20.2. The van der Waals surface area contributed by atoms with E-state index < -0.39 is 0 Å². The van der Waals surface area contributed by atoms with Crippen molar-refractivity contribution in [1.29, 1.82) is 5.26 Å². The second-order valence-electron chi connectivity index (χ2n) is 6.96. The Morgan fingerprint density at radius 3 is 2.48 bits per heavy atom. The van der Waals surface area contributed by atoms with Crippen LogP contribution in [0.5, 0.6) is 11.5 Å². The molecule has 0 saturated heterocycles. The number of halogens is 2. The van der Waals surface area contributed by atoms with E-state index in [1.165, 1.54) is 6.21 Å². The topological polar surface area (TPSA) is 83.7 Å². The molecule has 0 heterocycles. The molecule has 0 spiro atoms. The summed E-state index contributed by atoms with van der Waals surface area (Å²) in [6.45, 7) is 2.56. The molecule has 8 heteroatoms. The first-order valence-corrected chi connectivity index (χ1v) is 11.3. The Balaban J connectivity index is 1.65. The molecule has 0 aliphatic rings. The number of nitriles is 1. The van der Waals surface area contributed by atoms with Gasteiger partial charge in [0.1, 0.15) is 6.61 Å². The maximum Gasteiger partial charge on any atom is 0.244 e. The summed E-state index contributed by atoms with van der Waals surface area (Å²) in [4.78, 5) is 12.1. The molecule has 3 aromatic rings. The van der Waals surface area contributed by atoms with E-state index in [9.17, 15) is 4.79 Å². The van der Waals surface area contributed by atoms with E-state index >= 15 is 0 Å². The molecule has 0 bridgehead atoms. The number of nitrogens with one attached hydrogen (secondary N) is 1. The van der Waals surface area contributed by atoms with Crippen molar-refractivity contribution in [3.63, 3.8) is 0 Å². The molecule has 168 valence electrons. The van der Waals surface area contributed by atoms with Crippen LogP contribution in [0, 0.1) is 11.3 Å². The van der Waals surface area contributed by atoms with Crippen LogP contribution in [0.25, 0.3) is 0 Å². The third kappa shape index (κ3) is 7.35. The van der Waals surface area contributed by atoms with E-state index in [2.05, 4.69) is 32.5 Å². The number of ether oxygens (including phenoxy) is 2. The minimum absolute atomic E-state index is 0.220. The highest BCUT2D eigenvalue weighted by atomic mass is 79.9. The maximum atomic E-state index is 12.1. The normalized spacial score (nSPS) is 10.6. The highest BCUT2D eigenvalue weighted by Gasteiger charge is 2.13. The molecule has 1 N–H and O–H groups in total. The fourth-order valence-electron chi connectivity index (χ4n) is 2.90. The summed E-state index contributed by atoms with van der Waals surface area (Å²) < 4.78 is 12.5.